The third-order valence-corrected chi connectivity index (χ3v) is 3.37. The molecule has 0 aliphatic heterocycles. The fourth-order valence-corrected chi connectivity index (χ4v) is 2.15. The van der Waals surface area contributed by atoms with Gasteiger partial charge in [0.05, 0.1) is 6.20 Å². The second kappa shape index (κ2) is 6.41. The molecule has 19 heavy (non-hydrogen) atoms. The van der Waals surface area contributed by atoms with Crippen molar-refractivity contribution < 1.29 is 13.2 Å². The number of halogens is 3. The highest BCUT2D eigenvalue weighted by Crippen LogP contribution is 2.23. The number of nitrogens with zero attached hydrogens (tertiary/aromatic N) is 2. The molecule has 2 unspecified atom stereocenters. The van der Waals surface area contributed by atoms with E-state index in [1.54, 1.807) is 10.9 Å². The maximum absolute atomic E-state index is 12.1. The summed E-state index contributed by atoms with van der Waals surface area (Å²) < 4.78 is 38.0. The average Bonchev–Trinajstić information content (AvgIpc) is 2.57. The molecule has 3 nitrogen and oxygen atoms in total. The van der Waals surface area contributed by atoms with Gasteiger partial charge in [0.1, 0.15) is 0 Å². The molecular weight excluding hydrogens is 255 g/mol. The Kier molecular flexibility index (Phi) is 5.40. The lowest BCUT2D eigenvalue weighted by Crippen LogP contribution is -2.29. The van der Waals surface area contributed by atoms with Crippen molar-refractivity contribution >= 4 is 0 Å². The Morgan fingerprint density at radius 2 is 2.00 bits per heavy atom. The minimum Gasteiger partial charge on any atom is -0.308 e. The zero-order chi connectivity index (χ0) is 14.6. The molecule has 1 N–H and O–H groups in total. The van der Waals surface area contributed by atoms with E-state index in [-0.39, 0.29) is 18.5 Å². The summed E-state index contributed by atoms with van der Waals surface area (Å²) in [7, 11) is 1.87. The SMILES string of the molecule is Cc1c(C(C)NC(C)CCCC(F)(F)F)cnn1C. The number of hydrogen-bond donors (Lipinski definition) is 1. The van der Waals surface area contributed by atoms with Crippen molar-refractivity contribution in [1.82, 2.24) is 15.1 Å². The number of rotatable bonds is 6. The maximum atomic E-state index is 12.1. The third-order valence-electron chi connectivity index (χ3n) is 3.37. The first kappa shape index (κ1) is 16.0. The van der Waals surface area contributed by atoms with E-state index in [2.05, 4.69) is 10.4 Å². The van der Waals surface area contributed by atoms with Crippen LogP contribution in [0.2, 0.25) is 0 Å². The van der Waals surface area contributed by atoms with Crippen LogP contribution in [0, 0.1) is 6.92 Å². The minimum atomic E-state index is -4.05. The Labute approximate surface area is 112 Å². The Bertz CT molecular complexity index is 398. The van der Waals surface area contributed by atoms with Crippen molar-refractivity contribution in [2.24, 2.45) is 7.05 Å². The topological polar surface area (TPSA) is 29.9 Å². The van der Waals surface area contributed by atoms with E-state index >= 15 is 0 Å². The van der Waals surface area contributed by atoms with E-state index in [4.69, 9.17) is 0 Å². The summed E-state index contributed by atoms with van der Waals surface area (Å²) in [6.07, 6.45) is -2.28. The molecule has 0 saturated heterocycles. The molecular formula is C13H22F3N3. The highest BCUT2D eigenvalue weighted by atomic mass is 19.4. The number of aromatic nitrogens is 2. The lowest BCUT2D eigenvalue weighted by atomic mass is 10.1. The maximum Gasteiger partial charge on any atom is 0.389 e. The van der Waals surface area contributed by atoms with Crippen molar-refractivity contribution in [2.75, 3.05) is 0 Å². The molecule has 0 bridgehead atoms. The summed E-state index contributed by atoms with van der Waals surface area (Å²) in [4.78, 5) is 0. The van der Waals surface area contributed by atoms with Gasteiger partial charge in [0, 0.05) is 36.8 Å². The van der Waals surface area contributed by atoms with Crippen LogP contribution in [-0.2, 0) is 7.05 Å². The molecule has 110 valence electrons. The van der Waals surface area contributed by atoms with Crippen molar-refractivity contribution in [2.45, 2.75) is 58.3 Å². The normalized spacial score (nSPS) is 15.5. The molecule has 1 heterocycles. The second-order valence-electron chi connectivity index (χ2n) is 5.11. The molecule has 0 amide bonds. The lowest BCUT2D eigenvalue weighted by molar-refractivity contribution is -0.135. The largest absolute Gasteiger partial charge is 0.389 e. The summed E-state index contributed by atoms with van der Waals surface area (Å²) in [5.74, 6) is 0. The molecule has 0 spiro atoms. The number of hydrogen-bond acceptors (Lipinski definition) is 2. The summed E-state index contributed by atoms with van der Waals surface area (Å²) >= 11 is 0. The van der Waals surface area contributed by atoms with E-state index in [1.807, 2.05) is 27.8 Å². The smallest absolute Gasteiger partial charge is 0.308 e. The van der Waals surface area contributed by atoms with E-state index in [0.717, 1.165) is 11.3 Å². The molecule has 0 fully saturated rings. The summed E-state index contributed by atoms with van der Waals surface area (Å²) in [5, 5.41) is 7.48. The predicted octanol–water partition coefficient (Wildman–Crippen LogP) is 3.50. The van der Waals surface area contributed by atoms with Crippen molar-refractivity contribution in [3.8, 4) is 0 Å². The molecule has 2 atom stereocenters. The average molecular weight is 277 g/mol. The van der Waals surface area contributed by atoms with Crippen molar-refractivity contribution in [3.05, 3.63) is 17.5 Å². The number of aryl methyl sites for hydroxylation is 1. The van der Waals surface area contributed by atoms with Gasteiger partial charge in [-0.1, -0.05) is 0 Å². The first-order valence-corrected chi connectivity index (χ1v) is 6.52. The van der Waals surface area contributed by atoms with Gasteiger partial charge in [-0.15, -0.1) is 0 Å². The van der Waals surface area contributed by atoms with Gasteiger partial charge >= 0.3 is 6.18 Å². The van der Waals surface area contributed by atoms with Crippen LogP contribution < -0.4 is 5.32 Å². The van der Waals surface area contributed by atoms with Crippen molar-refractivity contribution in [3.63, 3.8) is 0 Å². The monoisotopic (exact) mass is 277 g/mol. The van der Waals surface area contributed by atoms with Gasteiger partial charge in [0.2, 0.25) is 0 Å². The summed E-state index contributed by atoms with van der Waals surface area (Å²) in [6, 6.07) is 0.145. The molecule has 1 aromatic rings. The van der Waals surface area contributed by atoms with Gasteiger partial charge in [-0.25, -0.2) is 0 Å². The fraction of sp³-hybridized carbons (Fsp3) is 0.769. The number of alkyl halides is 3. The number of nitrogens with one attached hydrogen (secondary N) is 1. The van der Waals surface area contributed by atoms with Crippen LogP contribution in [0.5, 0.6) is 0 Å². The molecule has 0 aliphatic carbocycles. The summed E-state index contributed by atoms with van der Waals surface area (Å²) in [6.45, 7) is 5.90. The van der Waals surface area contributed by atoms with E-state index < -0.39 is 12.6 Å². The van der Waals surface area contributed by atoms with Crippen LogP contribution in [0.1, 0.15) is 50.4 Å². The fourth-order valence-electron chi connectivity index (χ4n) is 2.15. The van der Waals surface area contributed by atoms with Gasteiger partial charge in [-0.05, 0) is 33.6 Å². The van der Waals surface area contributed by atoms with E-state index in [1.165, 1.54) is 0 Å². The van der Waals surface area contributed by atoms with Gasteiger partial charge in [0.25, 0.3) is 0 Å². The Morgan fingerprint density at radius 1 is 1.37 bits per heavy atom. The van der Waals surface area contributed by atoms with Gasteiger partial charge < -0.3 is 5.32 Å². The van der Waals surface area contributed by atoms with Crippen LogP contribution >= 0.6 is 0 Å². The van der Waals surface area contributed by atoms with Crippen LogP contribution in [0.4, 0.5) is 13.2 Å². The highest BCUT2D eigenvalue weighted by molar-refractivity contribution is 5.19. The Balaban J connectivity index is 2.40. The molecule has 0 aliphatic rings. The Hall–Kier alpha value is -1.04. The van der Waals surface area contributed by atoms with E-state index in [9.17, 15) is 13.2 Å². The first-order chi connectivity index (χ1) is 8.70. The molecule has 1 rings (SSSR count). The zero-order valence-corrected chi connectivity index (χ0v) is 11.9. The zero-order valence-electron chi connectivity index (χ0n) is 11.9. The highest BCUT2D eigenvalue weighted by Gasteiger charge is 2.26. The standard InChI is InChI=1S/C13H22F3N3/c1-9(6-5-7-13(14,15)16)18-10(2)12-8-17-19(4)11(12)3/h8-10,18H,5-7H2,1-4H3. The lowest BCUT2D eigenvalue weighted by Gasteiger charge is -2.20. The predicted molar refractivity (Wildman–Crippen MR) is 68.9 cm³/mol. The van der Waals surface area contributed by atoms with Crippen molar-refractivity contribution in [1.29, 1.82) is 0 Å². The van der Waals surface area contributed by atoms with Crippen LogP contribution in [0.25, 0.3) is 0 Å². The molecule has 0 radical (unpaired) electrons. The van der Waals surface area contributed by atoms with E-state index in [0.29, 0.717) is 6.42 Å². The van der Waals surface area contributed by atoms with Gasteiger partial charge in [-0.2, -0.15) is 18.3 Å². The van der Waals surface area contributed by atoms with Crippen LogP contribution in [0.3, 0.4) is 0 Å². The van der Waals surface area contributed by atoms with Gasteiger partial charge in [0.15, 0.2) is 0 Å². The molecule has 1 aromatic heterocycles. The van der Waals surface area contributed by atoms with Crippen LogP contribution in [0.15, 0.2) is 6.20 Å². The summed E-state index contributed by atoms with van der Waals surface area (Å²) in [5.41, 5.74) is 2.16. The van der Waals surface area contributed by atoms with Gasteiger partial charge in [-0.3, -0.25) is 4.68 Å². The quantitative estimate of drug-likeness (QED) is 0.862. The van der Waals surface area contributed by atoms with Crippen LogP contribution in [-0.4, -0.2) is 22.0 Å². The molecule has 0 aromatic carbocycles. The minimum absolute atomic E-state index is 0.0527. The first-order valence-electron chi connectivity index (χ1n) is 6.52. The molecule has 0 saturated carbocycles. The Morgan fingerprint density at radius 3 is 2.47 bits per heavy atom. The second-order valence-corrected chi connectivity index (χ2v) is 5.11. The molecule has 6 heteroatoms. The third kappa shape index (κ3) is 5.22.